The summed E-state index contributed by atoms with van der Waals surface area (Å²) in [6, 6.07) is 12.4. The number of thiazole rings is 1. The first-order valence-corrected chi connectivity index (χ1v) is 10.1. The lowest BCUT2D eigenvalue weighted by atomic mass is 10.2. The van der Waals surface area contributed by atoms with Crippen LogP contribution in [0.5, 0.6) is 5.88 Å². The predicted molar refractivity (Wildman–Crippen MR) is 104 cm³/mol. The second kappa shape index (κ2) is 6.07. The Morgan fingerprint density at radius 3 is 2.77 bits per heavy atom. The van der Waals surface area contributed by atoms with E-state index in [1.165, 1.54) is 23.5 Å². The third-order valence-corrected chi connectivity index (χ3v) is 6.58. The Kier molecular flexibility index (Phi) is 3.68. The highest BCUT2D eigenvalue weighted by atomic mass is 32.2. The SMILES string of the molecule is Oc1c(N=Nc2nc3ccccc3s2)c2cc(F)ccc2n1C1CSC1. The molecule has 2 aromatic heterocycles. The Balaban J connectivity index is 1.63. The lowest BCUT2D eigenvalue weighted by Gasteiger charge is -2.27. The average molecular weight is 384 g/mol. The molecule has 8 heteroatoms. The molecule has 5 nitrogen and oxygen atoms in total. The molecular weight excluding hydrogens is 371 g/mol. The van der Waals surface area contributed by atoms with Gasteiger partial charge in [-0.3, -0.25) is 0 Å². The van der Waals surface area contributed by atoms with E-state index >= 15 is 0 Å². The lowest BCUT2D eigenvalue weighted by molar-refractivity contribution is 0.406. The van der Waals surface area contributed by atoms with Gasteiger partial charge in [0.05, 0.1) is 21.8 Å². The highest BCUT2D eigenvalue weighted by Gasteiger charge is 2.27. The van der Waals surface area contributed by atoms with E-state index in [1.807, 2.05) is 40.6 Å². The number of thioether (sulfide) groups is 1. The van der Waals surface area contributed by atoms with Crippen molar-refractivity contribution < 1.29 is 9.50 Å². The van der Waals surface area contributed by atoms with Crippen LogP contribution in [0.25, 0.3) is 21.1 Å². The minimum Gasteiger partial charge on any atom is -0.493 e. The highest BCUT2D eigenvalue weighted by molar-refractivity contribution is 8.00. The number of rotatable bonds is 3. The summed E-state index contributed by atoms with van der Waals surface area (Å²) in [6.45, 7) is 0. The van der Waals surface area contributed by atoms with Gasteiger partial charge in [-0.1, -0.05) is 23.5 Å². The van der Waals surface area contributed by atoms with Gasteiger partial charge in [0, 0.05) is 16.9 Å². The van der Waals surface area contributed by atoms with Gasteiger partial charge in [-0.15, -0.1) is 10.2 Å². The molecule has 0 radical (unpaired) electrons. The molecule has 0 atom stereocenters. The zero-order chi connectivity index (χ0) is 17.7. The number of halogens is 1. The second-order valence-electron chi connectivity index (χ2n) is 6.06. The molecule has 1 aliphatic heterocycles. The summed E-state index contributed by atoms with van der Waals surface area (Å²) >= 11 is 3.24. The van der Waals surface area contributed by atoms with Gasteiger partial charge in [0.25, 0.3) is 0 Å². The van der Waals surface area contributed by atoms with Crippen molar-refractivity contribution in [2.45, 2.75) is 6.04 Å². The monoisotopic (exact) mass is 384 g/mol. The molecule has 0 saturated carbocycles. The molecule has 0 unspecified atom stereocenters. The Morgan fingerprint density at radius 2 is 2.00 bits per heavy atom. The molecule has 1 N–H and O–H groups in total. The van der Waals surface area contributed by atoms with Crippen LogP contribution in [0, 0.1) is 5.82 Å². The highest BCUT2D eigenvalue weighted by Crippen LogP contribution is 2.45. The first kappa shape index (κ1) is 15.8. The molecular formula is C18H13FN4OS2. The summed E-state index contributed by atoms with van der Waals surface area (Å²) in [5.74, 6) is 1.50. The van der Waals surface area contributed by atoms with Crippen molar-refractivity contribution >= 4 is 55.0 Å². The first-order chi connectivity index (χ1) is 12.7. The van der Waals surface area contributed by atoms with Gasteiger partial charge in [-0.2, -0.15) is 11.8 Å². The number of fused-ring (bicyclic) bond motifs is 2. The van der Waals surface area contributed by atoms with Crippen LogP contribution in [-0.2, 0) is 0 Å². The standard InChI is InChI=1S/C18H13FN4OS2/c19-10-5-6-14-12(7-10)16(17(24)23(14)11-8-25-9-11)21-22-18-20-13-3-1-2-4-15(13)26-18/h1-7,11,24H,8-9H2. The molecule has 4 aromatic rings. The number of aromatic nitrogens is 2. The Labute approximate surface area is 156 Å². The van der Waals surface area contributed by atoms with E-state index in [-0.39, 0.29) is 23.4 Å². The molecule has 1 fully saturated rings. The van der Waals surface area contributed by atoms with Crippen LogP contribution >= 0.6 is 23.1 Å². The zero-order valence-electron chi connectivity index (χ0n) is 13.5. The van der Waals surface area contributed by atoms with Crippen LogP contribution in [0.4, 0.5) is 15.2 Å². The maximum Gasteiger partial charge on any atom is 0.231 e. The largest absolute Gasteiger partial charge is 0.493 e. The predicted octanol–water partition coefficient (Wildman–Crippen LogP) is 5.80. The van der Waals surface area contributed by atoms with Crippen LogP contribution in [0.1, 0.15) is 6.04 Å². The minimum atomic E-state index is -0.367. The van der Waals surface area contributed by atoms with Crippen LogP contribution in [-0.4, -0.2) is 26.2 Å². The first-order valence-electron chi connectivity index (χ1n) is 8.08. The van der Waals surface area contributed by atoms with E-state index in [2.05, 4.69) is 15.2 Å². The molecule has 0 aliphatic carbocycles. The van der Waals surface area contributed by atoms with Gasteiger partial charge in [-0.25, -0.2) is 9.37 Å². The number of nitrogens with zero attached hydrogens (tertiary/aromatic N) is 4. The summed E-state index contributed by atoms with van der Waals surface area (Å²) in [7, 11) is 0. The van der Waals surface area contributed by atoms with Crippen molar-refractivity contribution in [3.05, 3.63) is 48.3 Å². The van der Waals surface area contributed by atoms with Crippen molar-refractivity contribution in [3.63, 3.8) is 0 Å². The van der Waals surface area contributed by atoms with E-state index in [0.29, 0.717) is 10.5 Å². The molecule has 1 aliphatic rings. The summed E-state index contributed by atoms with van der Waals surface area (Å²) in [4.78, 5) is 4.42. The van der Waals surface area contributed by atoms with Crippen molar-refractivity contribution in [1.29, 1.82) is 0 Å². The Hall–Kier alpha value is -2.45. The van der Waals surface area contributed by atoms with Gasteiger partial charge in [0.1, 0.15) is 5.82 Å². The molecule has 26 heavy (non-hydrogen) atoms. The summed E-state index contributed by atoms with van der Waals surface area (Å²) in [5, 5.41) is 20.2. The van der Waals surface area contributed by atoms with Crippen LogP contribution < -0.4 is 0 Å². The fraction of sp³-hybridized carbons (Fsp3) is 0.167. The third-order valence-electron chi connectivity index (χ3n) is 4.42. The van der Waals surface area contributed by atoms with Crippen molar-refractivity contribution in [1.82, 2.24) is 9.55 Å². The Bertz CT molecular complexity index is 1130. The summed E-state index contributed by atoms with van der Waals surface area (Å²) < 4.78 is 16.6. The fourth-order valence-electron chi connectivity index (χ4n) is 3.09. The molecule has 2 aromatic carbocycles. The van der Waals surface area contributed by atoms with Gasteiger partial charge in [0.15, 0.2) is 5.69 Å². The van der Waals surface area contributed by atoms with Crippen molar-refractivity contribution in [2.75, 3.05) is 11.5 Å². The molecule has 0 bridgehead atoms. The van der Waals surface area contributed by atoms with Gasteiger partial charge in [-0.05, 0) is 30.3 Å². The maximum atomic E-state index is 13.8. The van der Waals surface area contributed by atoms with Gasteiger partial charge >= 0.3 is 0 Å². The van der Waals surface area contributed by atoms with Crippen LogP contribution in [0.2, 0.25) is 0 Å². The van der Waals surface area contributed by atoms with Gasteiger partial charge < -0.3 is 9.67 Å². The van der Waals surface area contributed by atoms with E-state index in [0.717, 1.165) is 27.2 Å². The zero-order valence-corrected chi connectivity index (χ0v) is 15.1. The summed E-state index contributed by atoms with van der Waals surface area (Å²) in [5.41, 5.74) is 1.92. The molecule has 5 rings (SSSR count). The topological polar surface area (TPSA) is 62.8 Å². The van der Waals surface area contributed by atoms with E-state index in [9.17, 15) is 9.50 Å². The smallest absolute Gasteiger partial charge is 0.231 e. The number of azo groups is 1. The number of aromatic hydroxyl groups is 1. The van der Waals surface area contributed by atoms with E-state index in [4.69, 9.17) is 0 Å². The van der Waals surface area contributed by atoms with Crippen LogP contribution in [0.3, 0.4) is 0 Å². The van der Waals surface area contributed by atoms with E-state index < -0.39 is 0 Å². The lowest BCUT2D eigenvalue weighted by Crippen LogP contribution is -2.22. The molecule has 1 saturated heterocycles. The maximum absolute atomic E-state index is 13.8. The number of benzene rings is 2. The third kappa shape index (κ3) is 2.48. The fourth-order valence-corrected chi connectivity index (χ4v) is 4.62. The average Bonchev–Trinajstić information content (AvgIpc) is 3.11. The summed E-state index contributed by atoms with van der Waals surface area (Å²) in [6.07, 6.45) is 0. The molecule has 130 valence electrons. The quantitative estimate of drug-likeness (QED) is 0.454. The van der Waals surface area contributed by atoms with Crippen LogP contribution in [0.15, 0.2) is 52.7 Å². The van der Waals surface area contributed by atoms with Gasteiger partial charge in [0.2, 0.25) is 11.0 Å². The number of hydrogen-bond acceptors (Lipinski definition) is 6. The second-order valence-corrected chi connectivity index (χ2v) is 8.14. The number of hydrogen-bond donors (Lipinski definition) is 1. The molecule has 0 spiro atoms. The van der Waals surface area contributed by atoms with Crippen molar-refractivity contribution in [3.8, 4) is 5.88 Å². The number of para-hydroxylation sites is 1. The van der Waals surface area contributed by atoms with Crippen molar-refractivity contribution in [2.24, 2.45) is 10.2 Å². The normalized spacial score (nSPS) is 15.3. The molecule has 0 amide bonds. The molecule has 3 heterocycles. The minimum absolute atomic E-state index is 0.0285. The Morgan fingerprint density at radius 1 is 1.15 bits per heavy atom. The van der Waals surface area contributed by atoms with E-state index in [1.54, 1.807) is 6.07 Å².